The fraction of sp³-hybridized carbons (Fsp3) is 0.250. The highest BCUT2D eigenvalue weighted by atomic mass is 35.5. The van der Waals surface area contributed by atoms with Crippen molar-refractivity contribution in [2.45, 2.75) is 19.8 Å². The molecule has 0 atom stereocenters. The first-order valence-electron chi connectivity index (χ1n) is 7.66. The first-order valence-corrected chi connectivity index (χ1v) is 8.42. The van der Waals surface area contributed by atoms with E-state index in [1.807, 2.05) is 31.3 Å². The van der Waals surface area contributed by atoms with E-state index >= 15 is 0 Å². The number of anilines is 4. The molecule has 3 rings (SSSR count). The molecule has 0 aliphatic rings. The third kappa shape index (κ3) is 4.00. The molecular formula is C16H17Cl2N7. The Kier molecular flexibility index (Phi) is 5.06. The van der Waals surface area contributed by atoms with Crippen LogP contribution in [0.5, 0.6) is 0 Å². The smallest absolute Gasteiger partial charge is 0.235 e. The van der Waals surface area contributed by atoms with Gasteiger partial charge in [0.2, 0.25) is 17.2 Å². The summed E-state index contributed by atoms with van der Waals surface area (Å²) in [5.41, 5.74) is 1.77. The van der Waals surface area contributed by atoms with Crippen molar-refractivity contribution < 1.29 is 0 Å². The normalized spacial score (nSPS) is 11.0. The average Bonchev–Trinajstić information content (AvgIpc) is 3.03. The van der Waals surface area contributed by atoms with Crippen LogP contribution < -0.4 is 10.2 Å². The van der Waals surface area contributed by atoms with Gasteiger partial charge in [-0.1, -0.05) is 37.6 Å². The SMILES string of the molecule is CC(C)c1cc(Nc2nc(Cl)nc(N(C)c3ccccc3Cl)n2)n[nH]1. The summed E-state index contributed by atoms with van der Waals surface area (Å²) in [7, 11) is 1.81. The van der Waals surface area contributed by atoms with Crippen LogP contribution in [0.2, 0.25) is 10.3 Å². The van der Waals surface area contributed by atoms with Crippen LogP contribution in [-0.2, 0) is 0 Å². The minimum atomic E-state index is 0.0750. The van der Waals surface area contributed by atoms with Crippen molar-refractivity contribution in [3.8, 4) is 0 Å². The molecule has 25 heavy (non-hydrogen) atoms. The molecule has 0 spiro atoms. The standard InChI is InChI=1S/C16H17Cl2N7/c1-9(2)11-8-13(24-23-11)19-15-20-14(18)21-16(22-15)25(3)12-7-5-4-6-10(12)17/h4-9H,1-3H3,(H2,19,20,21,22,23,24). The highest BCUT2D eigenvalue weighted by Crippen LogP contribution is 2.29. The molecule has 0 radical (unpaired) electrons. The van der Waals surface area contributed by atoms with E-state index in [9.17, 15) is 0 Å². The Morgan fingerprint density at radius 2 is 1.88 bits per heavy atom. The van der Waals surface area contributed by atoms with E-state index in [2.05, 4.69) is 44.3 Å². The Balaban J connectivity index is 1.88. The summed E-state index contributed by atoms with van der Waals surface area (Å²) in [5, 5.41) is 10.9. The van der Waals surface area contributed by atoms with Crippen LogP contribution in [-0.4, -0.2) is 32.2 Å². The maximum absolute atomic E-state index is 6.24. The van der Waals surface area contributed by atoms with E-state index in [0.29, 0.717) is 28.7 Å². The van der Waals surface area contributed by atoms with Crippen molar-refractivity contribution in [2.24, 2.45) is 0 Å². The van der Waals surface area contributed by atoms with Crippen LogP contribution in [0.4, 0.5) is 23.4 Å². The third-order valence-electron chi connectivity index (χ3n) is 3.57. The molecule has 0 amide bonds. The number of aromatic nitrogens is 5. The fourth-order valence-corrected chi connectivity index (χ4v) is 2.61. The zero-order chi connectivity index (χ0) is 18.0. The van der Waals surface area contributed by atoms with Crippen molar-refractivity contribution in [3.63, 3.8) is 0 Å². The summed E-state index contributed by atoms with van der Waals surface area (Å²) in [6, 6.07) is 9.32. The summed E-state index contributed by atoms with van der Waals surface area (Å²) < 4.78 is 0. The lowest BCUT2D eigenvalue weighted by Crippen LogP contribution is -2.15. The lowest BCUT2D eigenvalue weighted by Gasteiger charge is -2.18. The van der Waals surface area contributed by atoms with Crippen LogP contribution in [0.1, 0.15) is 25.5 Å². The molecule has 0 bridgehead atoms. The number of para-hydroxylation sites is 1. The average molecular weight is 378 g/mol. The molecule has 2 N–H and O–H groups in total. The summed E-state index contributed by atoms with van der Waals surface area (Å²) in [5.74, 6) is 1.62. The molecule has 0 saturated carbocycles. The number of benzene rings is 1. The molecule has 0 fully saturated rings. The minimum Gasteiger partial charge on any atom is -0.312 e. The number of aromatic amines is 1. The Morgan fingerprint density at radius 3 is 2.56 bits per heavy atom. The van der Waals surface area contributed by atoms with Crippen molar-refractivity contribution in [3.05, 3.63) is 46.3 Å². The van der Waals surface area contributed by atoms with Crippen molar-refractivity contribution in [1.29, 1.82) is 0 Å². The second kappa shape index (κ2) is 7.25. The summed E-state index contributed by atoms with van der Waals surface area (Å²) in [6.07, 6.45) is 0. The molecule has 1 aromatic carbocycles. The Morgan fingerprint density at radius 1 is 1.12 bits per heavy atom. The second-order valence-corrected chi connectivity index (χ2v) is 6.47. The summed E-state index contributed by atoms with van der Waals surface area (Å²) in [4.78, 5) is 14.4. The van der Waals surface area contributed by atoms with Crippen LogP contribution in [0, 0.1) is 0 Å². The molecular weight excluding hydrogens is 361 g/mol. The van der Waals surface area contributed by atoms with Gasteiger partial charge < -0.3 is 10.2 Å². The van der Waals surface area contributed by atoms with E-state index in [0.717, 1.165) is 11.4 Å². The third-order valence-corrected chi connectivity index (χ3v) is 4.06. The second-order valence-electron chi connectivity index (χ2n) is 5.73. The molecule has 9 heteroatoms. The highest BCUT2D eigenvalue weighted by molar-refractivity contribution is 6.33. The number of H-pyrrole nitrogens is 1. The van der Waals surface area contributed by atoms with Gasteiger partial charge in [-0.2, -0.15) is 20.1 Å². The van der Waals surface area contributed by atoms with Crippen molar-refractivity contribution in [1.82, 2.24) is 25.1 Å². The predicted molar refractivity (Wildman–Crippen MR) is 100 cm³/mol. The van der Waals surface area contributed by atoms with Gasteiger partial charge in [-0.15, -0.1) is 0 Å². The maximum Gasteiger partial charge on any atom is 0.235 e. The molecule has 0 aliphatic carbocycles. The quantitative estimate of drug-likeness (QED) is 0.679. The largest absolute Gasteiger partial charge is 0.312 e. The van der Waals surface area contributed by atoms with Gasteiger partial charge in [0.15, 0.2) is 5.82 Å². The lowest BCUT2D eigenvalue weighted by atomic mass is 10.1. The Hall–Kier alpha value is -2.38. The molecule has 0 aliphatic heterocycles. The van der Waals surface area contributed by atoms with E-state index < -0.39 is 0 Å². The topological polar surface area (TPSA) is 82.6 Å². The van der Waals surface area contributed by atoms with E-state index in [1.165, 1.54) is 0 Å². The number of rotatable bonds is 5. The minimum absolute atomic E-state index is 0.0750. The zero-order valence-electron chi connectivity index (χ0n) is 14.0. The molecule has 2 heterocycles. The predicted octanol–water partition coefficient (Wildman–Crippen LogP) is 4.54. The molecule has 3 aromatic rings. The number of nitrogens with one attached hydrogen (secondary N) is 2. The number of hydrogen-bond acceptors (Lipinski definition) is 6. The van der Waals surface area contributed by atoms with Crippen molar-refractivity contribution >= 4 is 46.6 Å². The molecule has 0 unspecified atom stereocenters. The van der Waals surface area contributed by atoms with Gasteiger partial charge in [0.1, 0.15) is 0 Å². The van der Waals surface area contributed by atoms with Gasteiger partial charge in [0.05, 0.1) is 10.7 Å². The van der Waals surface area contributed by atoms with Crippen molar-refractivity contribution in [2.75, 3.05) is 17.3 Å². The van der Waals surface area contributed by atoms with Gasteiger partial charge in [-0.05, 0) is 29.7 Å². The van der Waals surface area contributed by atoms with Gasteiger partial charge in [-0.25, -0.2) is 0 Å². The van der Waals surface area contributed by atoms with E-state index in [-0.39, 0.29) is 5.28 Å². The molecule has 0 saturated heterocycles. The molecule has 7 nitrogen and oxygen atoms in total. The Bertz CT molecular complexity index is 878. The zero-order valence-corrected chi connectivity index (χ0v) is 15.5. The number of nitrogens with zero attached hydrogens (tertiary/aromatic N) is 5. The molecule has 130 valence electrons. The van der Waals surface area contributed by atoms with Crippen LogP contribution >= 0.6 is 23.2 Å². The fourth-order valence-electron chi connectivity index (χ4n) is 2.19. The monoisotopic (exact) mass is 377 g/mol. The summed E-state index contributed by atoms with van der Waals surface area (Å²) in [6.45, 7) is 4.15. The first-order chi connectivity index (χ1) is 11.9. The van der Waals surface area contributed by atoms with Gasteiger partial charge in [-0.3, -0.25) is 5.10 Å². The lowest BCUT2D eigenvalue weighted by molar-refractivity contribution is 0.811. The van der Waals surface area contributed by atoms with Crippen LogP contribution in [0.25, 0.3) is 0 Å². The number of hydrogen-bond donors (Lipinski definition) is 2. The first kappa shape index (κ1) is 17.4. The van der Waals surface area contributed by atoms with Gasteiger partial charge in [0.25, 0.3) is 0 Å². The van der Waals surface area contributed by atoms with Crippen LogP contribution in [0.3, 0.4) is 0 Å². The van der Waals surface area contributed by atoms with E-state index in [1.54, 1.807) is 11.0 Å². The maximum atomic E-state index is 6.24. The molecule has 2 aromatic heterocycles. The number of halogens is 2. The Labute approximate surface area is 155 Å². The van der Waals surface area contributed by atoms with Gasteiger partial charge >= 0.3 is 0 Å². The van der Waals surface area contributed by atoms with E-state index in [4.69, 9.17) is 23.2 Å². The summed E-state index contributed by atoms with van der Waals surface area (Å²) >= 11 is 12.3. The highest BCUT2D eigenvalue weighted by Gasteiger charge is 2.14. The van der Waals surface area contributed by atoms with Crippen LogP contribution in [0.15, 0.2) is 30.3 Å². The van der Waals surface area contributed by atoms with Gasteiger partial charge in [0, 0.05) is 18.8 Å².